The Bertz CT molecular complexity index is 1120. The Morgan fingerprint density at radius 3 is 2.18 bits per heavy atom. The largest absolute Gasteiger partial charge is 0.481 e. The van der Waals surface area contributed by atoms with Gasteiger partial charge in [-0.05, 0) is 53.8 Å². The Kier molecular flexibility index (Phi) is 8.22. The molecule has 0 bridgehead atoms. The van der Waals surface area contributed by atoms with Crippen molar-refractivity contribution in [2.24, 2.45) is 5.73 Å². The fraction of sp³-hybridized carbons (Fsp3) is 0.192. The molecular weight excluding hydrogens is 440 g/mol. The number of carboxylic acid groups (broad SMARTS) is 1. The number of hydrogen-bond donors (Lipinski definition) is 2. The second kappa shape index (κ2) is 11.3. The number of carbonyl (C=O) groups is 3. The van der Waals surface area contributed by atoms with E-state index < -0.39 is 17.9 Å². The van der Waals surface area contributed by atoms with Crippen LogP contribution in [0.1, 0.15) is 28.8 Å². The summed E-state index contributed by atoms with van der Waals surface area (Å²) in [6.07, 6.45) is 0.0980. The predicted molar refractivity (Wildman–Crippen MR) is 128 cm³/mol. The standard InChI is InChI=1S/C26H25ClN2O4/c27-22-8-4-5-18(17-22)15-16-29(23(25(28)32)13-14-24(30)31)26(33)21-11-9-20(10-12-21)19-6-2-1-3-7-19/h1-12,17,23H,13-16H2,(H2,28,32)(H,30,31)/t23-/m0/s1. The average molecular weight is 465 g/mol. The molecule has 0 fully saturated rings. The summed E-state index contributed by atoms with van der Waals surface area (Å²) in [5, 5.41) is 9.66. The minimum Gasteiger partial charge on any atom is -0.481 e. The number of primary amides is 1. The number of nitrogens with two attached hydrogens (primary N) is 1. The summed E-state index contributed by atoms with van der Waals surface area (Å²) in [6.45, 7) is 0.187. The second-order valence-electron chi connectivity index (χ2n) is 7.67. The average Bonchev–Trinajstić information content (AvgIpc) is 2.81. The monoisotopic (exact) mass is 464 g/mol. The van der Waals surface area contributed by atoms with Gasteiger partial charge < -0.3 is 15.7 Å². The molecule has 0 saturated carbocycles. The molecule has 7 heteroatoms. The van der Waals surface area contributed by atoms with Crippen LogP contribution in [-0.4, -0.2) is 40.4 Å². The first-order valence-corrected chi connectivity index (χ1v) is 10.9. The zero-order valence-corrected chi connectivity index (χ0v) is 18.7. The first-order chi connectivity index (χ1) is 15.8. The molecule has 170 valence electrons. The van der Waals surface area contributed by atoms with Crippen LogP contribution in [0, 0.1) is 0 Å². The van der Waals surface area contributed by atoms with Crippen molar-refractivity contribution in [2.45, 2.75) is 25.3 Å². The van der Waals surface area contributed by atoms with E-state index in [-0.39, 0.29) is 25.3 Å². The molecule has 0 aliphatic carbocycles. The lowest BCUT2D eigenvalue weighted by Gasteiger charge is -2.30. The van der Waals surface area contributed by atoms with E-state index in [1.165, 1.54) is 4.90 Å². The van der Waals surface area contributed by atoms with Gasteiger partial charge in [0.2, 0.25) is 5.91 Å². The second-order valence-corrected chi connectivity index (χ2v) is 8.11. The third-order valence-electron chi connectivity index (χ3n) is 5.37. The smallest absolute Gasteiger partial charge is 0.303 e. The van der Waals surface area contributed by atoms with Gasteiger partial charge in [0.05, 0.1) is 0 Å². The maximum atomic E-state index is 13.4. The molecule has 1 atom stereocenters. The van der Waals surface area contributed by atoms with Crippen molar-refractivity contribution in [3.05, 3.63) is 95.0 Å². The van der Waals surface area contributed by atoms with Crippen molar-refractivity contribution in [1.29, 1.82) is 0 Å². The molecule has 0 saturated heterocycles. The van der Waals surface area contributed by atoms with Crippen molar-refractivity contribution in [1.82, 2.24) is 4.90 Å². The normalized spacial score (nSPS) is 11.5. The van der Waals surface area contributed by atoms with Crippen molar-refractivity contribution in [3.8, 4) is 11.1 Å². The lowest BCUT2D eigenvalue weighted by molar-refractivity contribution is -0.137. The molecule has 3 aromatic rings. The topological polar surface area (TPSA) is 101 Å². The van der Waals surface area contributed by atoms with Crippen molar-refractivity contribution in [3.63, 3.8) is 0 Å². The lowest BCUT2D eigenvalue weighted by Crippen LogP contribution is -2.49. The zero-order valence-electron chi connectivity index (χ0n) is 18.0. The molecule has 0 aromatic heterocycles. The Balaban J connectivity index is 1.86. The summed E-state index contributed by atoms with van der Waals surface area (Å²) in [6, 6.07) is 23.0. The van der Waals surface area contributed by atoms with Gasteiger partial charge in [0.25, 0.3) is 5.91 Å². The van der Waals surface area contributed by atoms with E-state index >= 15 is 0 Å². The Labute approximate surface area is 197 Å². The highest BCUT2D eigenvalue weighted by atomic mass is 35.5. The molecule has 3 rings (SSSR count). The number of hydrogen-bond acceptors (Lipinski definition) is 3. The third-order valence-corrected chi connectivity index (χ3v) is 5.60. The van der Waals surface area contributed by atoms with Crippen LogP contribution in [0.15, 0.2) is 78.9 Å². The highest BCUT2D eigenvalue weighted by Crippen LogP contribution is 2.21. The van der Waals surface area contributed by atoms with Gasteiger partial charge in [-0.25, -0.2) is 0 Å². The minimum absolute atomic E-state index is 0.0615. The maximum absolute atomic E-state index is 13.4. The fourth-order valence-electron chi connectivity index (χ4n) is 3.65. The summed E-state index contributed by atoms with van der Waals surface area (Å²) >= 11 is 6.06. The van der Waals surface area contributed by atoms with Crippen molar-refractivity contribution in [2.75, 3.05) is 6.54 Å². The van der Waals surface area contributed by atoms with Crippen LogP contribution in [0.5, 0.6) is 0 Å². The summed E-state index contributed by atoms with van der Waals surface area (Å²) in [5.41, 5.74) is 8.84. The summed E-state index contributed by atoms with van der Waals surface area (Å²) < 4.78 is 0. The van der Waals surface area contributed by atoms with Gasteiger partial charge in [-0.3, -0.25) is 14.4 Å². The van der Waals surface area contributed by atoms with Gasteiger partial charge in [0.1, 0.15) is 6.04 Å². The van der Waals surface area contributed by atoms with Gasteiger partial charge in [-0.15, -0.1) is 0 Å². The molecule has 0 spiro atoms. The lowest BCUT2D eigenvalue weighted by atomic mass is 10.0. The molecule has 3 aromatic carbocycles. The highest BCUT2D eigenvalue weighted by Gasteiger charge is 2.29. The van der Waals surface area contributed by atoms with Crippen molar-refractivity contribution >= 4 is 29.4 Å². The number of halogens is 1. The third kappa shape index (κ3) is 6.67. The number of carbonyl (C=O) groups excluding carboxylic acids is 2. The van der Waals surface area contributed by atoms with E-state index in [9.17, 15) is 14.4 Å². The maximum Gasteiger partial charge on any atom is 0.303 e. The summed E-state index contributed by atoms with van der Waals surface area (Å²) in [5.74, 6) is -2.18. The molecule has 3 N–H and O–H groups in total. The molecule has 33 heavy (non-hydrogen) atoms. The predicted octanol–water partition coefficient (Wildman–Crippen LogP) is 4.41. The number of benzene rings is 3. The first-order valence-electron chi connectivity index (χ1n) is 10.6. The van der Waals surface area contributed by atoms with Gasteiger partial charge >= 0.3 is 5.97 Å². The number of rotatable bonds is 10. The highest BCUT2D eigenvalue weighted by molar-refractivity contribution is 6.30. The van der Waals surface area contributed by atoms with E-state index in [0.29, 0.717) is 17.0 Å². The SMILES string of the molecule is NC(=O)[C@H](CCC(=O)O)N(CCc1cccc(Cl)c1)C(=O)c1ccc(-c2ccccc2)cc1. The van der Waals surface area contributed by atoms with Gasteiger partial charge in [0, 0.05) is 23.6 Å². The van der Waals surface area contributed by atoms with Crippen LogP contribution in [-0.2, 0) is 16.0 Å². The molecule has 0 radical (unpaired) electrons. The Morgan fingerprint density at radius 1 is 0.909 bits per heavy atom. The first kappa shape index (κ1) is 24.0. The van der Waals surface area contributed by atoms with Crippen LogP contribution in [0.25, 0.3) is 11.1 Å². The molecule has 6 nitrogen and oxygen atoms in total. The molecule has 0 aliphatic rings. The minimum atomic E-state index is -1.06. The molecule has 0 aliphatic heterocycles. The number of nitrogens with zero attached hydrogens (tertiary/aromatic N) is 1. The van der Waals surface area contributed by atoms with Crippen LogP contribution < -0.4 is 5.73 Å². The molecule has 0 unspecified atom stereocenters. The number of carboxylic acids is 1. The van der Waals surface area contributed by atoms with Crippen LogP contribution in [0.2, 0.25) is 5.02 Å². The molecule has 2 amide bonds. The quantitative estimate of drug-likeness (QED) is 0.464. The fourth-order valence-corrected chi connectivity index (χ4v) is 3.87. The number of aliphatic carboxylic acids is 1. The summed E-state index contributed by atoms with van der Waals surface area (Å²) in [7, 11) is 0. The van der Waals surface area contributed by atoms with E-state index in [2.05, 4.69) is 0 Å². The van der Waals surface area contributed by atoms with Crippen LogP contribution in [0.3, 0.4) is 0 Å². The summed E-state index contributed by atoms with van der Waals surface area (Å²) in [4.78, 5) is 38.1. The van der Waals surface area contributed by atoms with Gasteiger partial charge in [-0.1, -0.05) is 66.2 Å². The van der Waals surface area contributed by atoms with Gasteiger partial charge in [0.15, 0.2) is 0 Å². The van der Waals surface area contributed by atoms with E-state index in [1.54, 1.807) is 24.3 Å². The van der Waals surface area contributed by atoms with Gasteiger partial charge in [-0.2, -0.15) is 0 Å². The van der Waals surface area contributed by atoms with Crippen LogP contribution >= 0.6 is 11.6 Å². The molecule has 0 heterocycles. The molecular formula is C26H25ClN2O4. The van der Waals surface area contributed by atoms with E-state index in [4.69, 9.17) is 22.4 Å². The zero-order chi connectivity index (χ0) is 23.8. The number of amides is 2. The van der Waals surface area contributed by atoms with E-state index in [0.717, 1.165) is 16.7 Å². The Hall–Kier alpha value is -3.64. The van der Waals surface area contributed by atoms with E-state index in [1.807, 2.05) is 54.6 Å². The Morgan fingerprint density at radius 2 is 1.58 bits per heavy atom. The van der Waals surface area contributed by atoms with Crippen molar-refractivity contribution < 1.29 is 19.5 Å². The van der Waals surface area contributed by atoms with Crippen LogP contribution in [0.4, 0.5) is 0 Å².